The smallest absolute Gasteiger partial charge is 0.178 e. The number of hydrogen-bond donors (Lipinski definition) is 2. The summed E-state index contributed by atoms with van der Waals surface area (Å²) in [6, 6.07) is 16.1. The molecule has 5 atom stereocenters. The van der Waals surface area contributed by atoms with E-state index in [2.05, 4.69) is 20.9 Å². The fourth-order valence-electron chi connectivity index (χ4n) is 5.51. The van der Waals surface area contributed by atoms with Gasteiger partial charge in [-0.2, -0.15) is 0 Å². The maximum Gasteiger partial charge on any atom is 0.178 e. The van der Waals surface area contributed by atoms with E-state index in [1.807, 2.05) is 6.07 Å². The molecule has 0 unspecified atom stereocenters. The van der Waals surface area contributed by atoms with Crippen LogP contribution in [0.2, 0.25) is 0 Å². The van der Waals surface area contributed by atoms with Crippen LogP contribution >= 0.6 is 15.9 Å². The van der Waals surface area contributed by atoms with Crippen molar-refractivity contribution in [3.05, 3.63) is 88.2 Å². The van der Waals surface area contributed by atoms with E-state index in [-0.39, 0.29) is 17.1 Å². The van der Waals surface area contributed by atoms with Gasteiger partial charge in [0.15, 0.2) is 21.0 Å². The van der Waals surface area contributed by atoms with E-state index in [0.717, 1.165) is 10.7 Å². The number of benzene rings is 2. The third-order valence-corrected chi connectivity index (χ3v) is 8.79. The van der Waals surface area contributed by atoms with Gasteiger partial charge in [-0.25, -0.2) is 8.42 Å². The maximum absolute atomic E-state index is 13.1. The second kappa shape index (κ2) is 7.53. The molecule has 3 aromatic rings. The van der Waals surface area contributed by atoms with Crippen LogP contribution in [0.4, 0.5) is 0 Å². The van der Waals surface area contributed by atoms with Crippen molar-refractivity contribution in [2.75, 3.05) is 13.4 Å². The first-order valence-corrected chi connectivity index (χ1v) is 13.0. The first-order valence-electron chi connectivity index (χ1n) is 10.3. The lowest BCUT2D eigenvalue weighted by Gasteiger charge is -2.40. The number of halogens is 1. The number of aliphatic hydroxyl groups excluding tert-OH is 1. The number of sulfone groups is 1. The molecule has 172 valence electrons. The number of pyridine rings is 1. The van der Waals surface area contributed by atoms with Crippen LogP contribution in [0.5, 0.6) is 11.5 Å². The molecule has 1 aromatic heterocycles. The zero-order valence-electron chi connectivity index (χ0n) is 17.8. The molecule has 0 bridgehead atoms. The molecule has 0 amide bonds. The summed E-state index contributed by atoms with van der Waals surface area (Å²) in [6.45, 7) is 0. The van der Waals surface area contributed by atoms with Crippen LogP contribution in [0.3, 0.4) is 0 Å². The Hall–Kier alpha value is -2.46. The lowest BCUT2D eigenvalue weighted by atomic mass is 9.71. The molecule has 5 rings (SSSR count). The zero-order valence-corrected chi connectivity index (χ0v) is 20.2. The molecule has 1 aliphatic heterocycles. The second-order valence-corrected chi connectivity index (χ2v) is 11.6. The van der Waals surface area contributed by atoms with Gasteiger partial charge in [0.25, 0.3) is 0 Å². The summed E-state index contributed by atoms with van der Waals surface area (Å²) in [6.07, 6.45) is 2.22. The monoisotopic (exact) mass is 531 g/mol. The van der Waals surface area contributed by atoms with Crippen molar-refractivity contribution in [1.29, 1.82) is 0 Å². The highest BCUT2D eigenvalue weighted by Gasteiger charge is 2.78. The SMILES string of the molecule is COc1cncc2c1[C@]1(O)[C@H](O)[C@@H](S(C)(=O)=O)[C@@H](c3ccccc3)[C@]1(c1ccc(Br)cc1)O2. The number of aliphatic hydroxyl groups is 2. The first kappa shape index (κ1) is 22.3. The van der Waals surface area contributed by atoms with E-state index < -0.39 is 38.3 Å². The van der Waals surface area contributed by atoms with Crippen molar-refractivity contribution in [2.45, 2.75) is 28.5 Å². The number of fused-ring (bicyclic) bond motifs is 3. The Labute approximate surface area is 200 Å². The third kappa shape index (κ3) is 2.92. The number of hydrogen-bond acceptors (Lipinski definition) is 7. The highest BCUT2D eigenvalue weighted by atomic mass is 79.9. The van der Waals surface area contributed by atoms with Gasteiger partial charge in [0, 0.05) is 10.7 Å². The van der Waals surface area contributed by atoms with Gasteiger partial charge >= 0.3 is 0 Å². The van der Waals surface area contributed by atoms with Crippen LogP contribution < -0.4 is 9.47 Å². The zero-order chi connectivity index (χ0) is 23.6. The molecular weight excluding hydrogens is 510 g/mol. The van der Waals surface area contributed by atoms with Gasteiger partial charge < -0.3 is 19.7 Å². The molecule has 0 radical (unpaired) electrons. The lowest BCUT2D eigenvalue weighted by molar-refractivity contribution is -0.149. The minimum Gasteiger partial charge on any atom is -0.495 e. The molecule has 9 heteroatoms. The first-order chi connectivity index (χ1) is 15.7. The molecular formula is C24H22BrNO6S. The predicted molar refractivity (Wildman–Crippen MR) is 125 cm³/mol. The predicted octanol–water partition coefficient (Wildman–Crippen LogP) is 2.90. The standard InChI is InChI=1S/C24H22BrNO6S/c1-31-17-12-26-13-18-20(17)23(28)22(27)21(33(2,29)30)19(14-6-4-3-5-7-14)24(23,32-18)15-8-10-16(25)11-9-15/h3-13,19,21-22,27-28H,1-2H3/t19-,21+,22-,23+,24+/m1/s1. The topological polar surface area (TPSA) is 106 Å². The Balaban J connectivity index is 1.92. The van der Waals surface area contributed by atoms with E-state index in [9.17, 15) is 18.6 Å². The lowest BCUT2D eigenvalue weighted by Crippen LogP contribution is -2.52. The Kier molecular flexibility index (Phi) is 5.09. The van der Waals surface area contributed by atoms with Crippen LogP contribution in [-0.4, -0.2) is 48.3 Å². The molecule has 2 N–H and O–H groups in total. The average molecular weight is 532 g/mol. The minimum atomic E-state index is -3.86. The molecule has 0 saturated heterocycles. The van der Waals surface area contributed by atoms with Crippen molar-refractivity contribution < 1.29 is 28.1 Å². The fraction of sp³-hybridized carbons (Fsp3) is 0.292. The van der Waals surface area contributed by atoms with E-state index in [4.69, 9.17) is 9.47 Å². The molecule has 1 aliphatic carbocycles. The van der Waals surface area contributed by atoms with Crippen molar-refractivity contribution in [2.24, 2.45) is 0 Å². The van der Waals surface area contributed by atoms with Crippen LogP contribution in [0, 0.1) is 0 Å². The number of rotatable bonds is 4. The molecule has 2 aromatic carbocycles. The van der Waals surface area contributed by atoms with E-state index in [1.54, 1.807) is 48.5 Å². The van der Waals surface area contributed by atoms with Gasteiger partial charge in [-0.3, -0.25) is 4.98 Å². The van der Waals surface area contributed by atoms with Gasteiger partial charge in [-0.15, -0.1) is 0 Å². The highest BCUT2D eigenvalue weighted by molar-refractivity contribution is 9.10. The van der Waals surface area contributed by atoms with Crippen LogP contribution in [0.25, 0.3) is 0 Å². The number of ether oxygens (including phenoxy) is 2. The van der Waals surface area contributed by atoms with Crippen molar-refractivity contribution in [3.8, 4) is 11.5 Å². The van der Waals surface area contributed by atoms with Crippen molar-refractivity contribution >= 4 is 25.8 Å². The van der Waals surface area contributed by atoms with Gasteiger partial charge in [0.2, 0.25) is 0 Å². The molecule has 2 heterocycles. The van der Waals surface area contributed by atoms with Gasteiger partial charge in [-0.05, 0) is 23.3 Å². The summed E-state index contributed by atoms with van der Waals surface area (Å²) in [5.41, 5.74) is -2.49. The Morgan fingerprint density at radius 3 is 2.36 bits per heavy atom. The second-order valence-electron chi connectivity index (χ2n) is 8.45. The molecule has 2 aliphatic rings. The highest BCUT2D eigenvalue weighted by Crippen LogP contribution is 2.68. The molecule has 33 heavy (non-hydrogen) atoms. The summed E-state index contributed by atoms with van der Waals surface area (Å²) < 4.78 is 39.0. The maximum atomic E-state index is 13.1. The van der Waals surface area contributed by atoms with E-state index in [0.29, 0.717) is 11.1 Å². The van der Waals surface area contributed by atoms with Gasteiger partial charge in [-0.1, -0.05) is 58.4 Å². The quantitative estimate of drug-likeness (QED) is 0.533. The largest absolute Gasteiger partial charge is 0.495 e. The molecule has 1 saturated carbocycles. The van der Waals surface area contributed by atoms with E-state index in [1.165, 1.54) is 19.5 Å². The normalized spacial score (nSPS) is 30.4. The van der Waals surface area contributed by atoms with Crippen LogP contribution in [-0.2, 0) is 21.0 Å². The minimum absolute atomic E-state index is 0.183. The number of nitrogens with zero attached hydrogens (tertiary/aromatic N) is 1. The summed E-state index contributed by atoms with van der Waals surface area (Å²) in [5.74, 6) is -0.507. The van der Waals surface area contributed by atoms with Gasteiger partial charge in [0.1, 0.15) is 22.9 Å². The fourth-order valence-corrected chi connectivity index (χ4v) is 7.28. The summed E-state index contributed by atoms with van der Waals surface area (Å²) in [4.78, 5) is 4.15. The Morgan fingerprint density at radius 1 is 1.09 bits per heavy atom. The number of methoxy groups -OCH3 is 1. The summed E-state index contributed by atoms with van der Waals surface area (Å²) in [5, 5.41) is 22.7. The Bertz CT molecular complexity index is 1320. The number of aromatic nitrogens is 1. The van der Waals surface area contributed by atoms with Crippen LogP contribution in [0.15, 0.2) is 71.5 Å². The van der Waals surface area contributed by atoms with Crippen LogP contribution in [0.1, 0.15) is 22.6 Å². The summed E-state index contributed by atoms with van der Waals surface area (Å²) >= 11 is 3.43. The van der Waals surface area contributed by atoms with Crippen molar-refractivity contribution in [1.82, 2.24) is 4.98 Å². The molecule has 1 fully saturated rings. The molecule has 7 nitrogen and oxygen atoms in total. The summed E-state index contributed by atoms with van der Waals surface area (Å²) in [7, 11) is -2.44. The van der Waals surface area contributed by atoms with E-state index >= 15 is 0 Å². The third-order valence-electron chi connectivity index (χ3n) is 6.75. The molecule has 0 spiro atoms. The van der Waals surface area contributed by atoms with Gasteiger partial charge in [0.05, 0.1) is 31.0 Å². The van der Waals surface area contributed by atoms with Crippen molar-refractivity contribution in [3.63, 3.8) is 0 Å². The Morgan fingerprint density at radius 2 is 1.76 bits per heavy atom. The average Bonchev–Trinajstić information content (AvgIpc) is 3.18.